The molecule has 26 heavy (non-hydrogen) atoms. The van der Waals surface area contributed by atoms with Gasteiger partial charge in [-0.3, -0.25) is 9.36 Å². The molecule has 138 valence electrons. The molecule has 1 unspecified atom stereocenters. The molecule has 0 spiro atoms. The van der Waals surface area contributed by atoms with Crippen molar-refractivity contribution in [3.63, 3.8) is 0 Å². The fourth-order valence-electron chi connectivity index (χ4n) is 2.82. The third kappa shape index (κ3) is 4.12. The Labute approximate surface area is 151 Å². The van der Waals surface area contributed by atoms with Gasteiger partial charge in [0.05, 0.1) is 12.2 Å². The van der Waals surface area contributed by atoms with Crippen LogP contribution in [0.2, 0.25) is 0 Å². The molecule has 0 amide bonds. The molecule has 0 aliphatic carbocycles. The molecular weight excluding hydrogens is 336 g/mol. The average molecular weight is 358 g/mol. The number of rotatable bonds is 5. The number of aromatic carboxylic acids is 1. The number of likely N-dealkylation sites (N-methyl/N-ethyl adjacent to an activating group) is 1. The SMILES string of the molecule is Cc1ccc(-n2cc(C(=O)O)cc(OCC3CN(C)CCO3)c2=O)cc1. The Balaban J connectivity index is 1.90. The van der Waals surface area contributed by atoms with Crippen LogP contribution in [0.4, 0.5) is 0 Å². The number of benzene rings is 1. The van der Waals surface area contributed by atoms with Crippen molar-refractivity contribution in [2.75, 3.05) is 33.4 Å². The molecule has 0 bridgehead atoms. The summed E-state index contributed by atoms with van der Waals surface area (Å²) in [6.07, 6.45) is 1.15. The van der Waals surface area contributed by atoms with Crippen LogP contribution in [0.15, 0.2) is 41.3 Å². The summed E-state index contributed by atoms with van der Waals surface area (Å²) in [5.41, 5.74) is 1.22. The first-order valence-electron chi connectivity index (χ1n) is 8.44. The predicted molar refractivity (Wildman–Crippen MR) is 96.5 cm³/mol. The molecule has 2 heterocycles. The number of aryl methyl sites for hydroxylation is 1. The van der Waals surface area contributed by atoms with Gasteiger partial charge in [0.25, 0.3) is 5.56 Å². The molecule has 1 atom stereocenters. The monoisotopic (exact) mass is 358 g/mol. The van der Waals surface area contributed by atoms with E-state index in [4.69, 9.17) is 9.47 Å². The molecule has 1 aromatic heterocycles. The lowest BCUT2D eigenvalue weighted by Gasteiger charge is -2.29. The second kappa shape index (κ2) is 7.72. The van der Waals surface area contributed by atoms with Gasteiger partial charge in [0.1, 0.15) is 12.7 Å². The van der Waals surface area contributed by atoms with Crippen LogP contribution in [0.25, 0.3) is 5.69 Å². The highest BCUT2D eigenvalue weighted by atomic mass is 16.5. The van der Waals surface area contributed by atoms with Crippen molar-refractivity contribution in [2.45, 2.75) is 13.0 Å². The second-order valence-electron chi connectivity index (χ2n) is 6.47. The van der Waals surface area contributed by atoms with Crippen LogP contribution in [-0.2, 0) is 4.74 Å². The zero-order chi connectivity index (χ0) is 18.7. The number of carboxylic acid groups (broad SMARTS) is 1. The number of pyridine rings is 1. The fraction of sp³-hybridized carbons (Fsp3) is 0.368. The first-order valence-corrected chi connectivity index (χ1v) is 8.44. The molecule has 1 aliphatic heterocycles. The third-order valence-corrected chi connectivity index (χ3v) is 4.31. The summed E-state index contributed by atoms with van der Waals surface area (Å²) < 4.78 is 12.6. The summed E-state index contributed by atoms with van der Waals surface area (Å²) in [6.45, 7) is 4.29. The van der Waals surface area contributed by atoms with Gasteiger partial charge in [0.2, 0.25) is 0 Å². The van der Waals surface area contributed by atoms with E-state index < -0.39 is 11.5 Å². The second-order valence-corrected chi connectivity index (χ2v) is 6.47. The zero-order valence-electron chi connectivity index (χ0n) is 14.8. The third-order valence-electron chi connectivity index (χ3n) is 4.31. The Morgan fingerprint density at radius 1 is 1.35 bits per heavy atom. The topological polar surface area (TPSA) is 81.0 Å². The molecule has 3 rings (SSSR count). The molecule has 7 nitrogen and oxygen atoms in total. The van der Waals surface area contributed by atoms with Crippen LogP contribution >= 0.6 is 0 Å². The molecular formula is C19H22N2O5. The number of morpholine rings is 1. The van der Waals surface area contributed by atoms with Crippen LogP contribution in [-0.4, -0.2) is 60.0 Å². The summed E-state index contributed by atoms with van der Waals surface area (Å²) in [7, 11) is 1.99. The van der Waals surface area contributed by atoms with E-state index >= 15 is 0 Å². The first kappa shape index (κ1) is 18.2. The van der Waals surface area contributed by atoms with Gasteiger partial charge >= 0.3 is 5.97 Å². The number of carbonyl (C=O) groups is 1. The van der Waals surface area contributed by atoms with Crippen molar-refractivity contribution in [2.24, 2.45) is 0 Å². The van der Waals surface area contributed by atoms with E-state index in [9.17, 15) is 14.7 Å². The average Bonchev–Trinajstić information content (AvgIpc) is 2.61. The molecule has 0 radical (unpaired) electrons. The Morgan fingerprint density at radius 2 is 2.08 bits per heavy atom. The number of aromatic nitrogens is 1. The molecule has 0 saturated carbocycles. The normalized spacial score (nSPS) is 17.8. The number of nitrogens with zero attached hydrogens (tertiary/aromatic N) is 2. The van der Waals surface area contributed by atoms with E-state index in [-0.39, 0.29) is 24.0 Å². The van der Waals surface area contributed by atoms with Crippen molar-refractivity contribution >= 4 is 5.97 Å². The van der Waals surface area contributed by atoms with E-state index in [0.29, 0.717) is 18.8 Å². The molecule has 2 aromatic rings. The van der Waals surface area contributed by atoms with Crippen molar-refractivity contribution in [3.8, 4) is 11.4 Å². The summed E-state index contributed by atoms with van der Waals surface area (Å²) in [6, 6.07) is 8.53. The summed E-state index contributed by atoms with van der Waals surface area (Å²) in [5.74, 6) is -1.12. The van der Waals surface area contributed by atoms with Crippen LogP contribution in [0, 0.1) is 6.92 Å². The highest BCUT2D eigenvalue weighted by molar-refractivity contribution is 5.87. The summed E-state index contributed by atoms with van der Waals surface area (Å²) in [4.78, 5) is 26.3. The maximum Gasteiger partial charge on any atom is 0.337 e. The molecule has 1 aromatic carbocycles. The maximum absolute atomic E-state index is 12.8. The van der Waals surface area contributed by atoms with Crippen molar-refractivity contribution in [3.05, 3.63) is 58.0 Å². The van der Waals surface area contributed by atoms with Crippen LogP contribution in [0.5, 0.6) is 5.75 Å². The Hall–Kier alpha value is -2.64. The fourth-order valence-corrected chi connectivity index (χ4v) is 2.82. The van der Waals surface area contributed by atoms with Gasteiger partial charge < -0.3 is 19.5 Å². The molecule has 1 aliphatic rings. The number of ether oxygens (including phenoxy) is 2. The minimum Gasteiger partial charge on any atom is -0.485 e. The summed E-state index contributed by atoms with van der Waals surface area (Å²) >= 11 is 0. The van der Waals surface area contributed by atoms with Gasteiger partial charge in [-0.1, -0.05) is 17.7 Å². The Kier molecular flexibility index (Phi) is 5.39. The quantitative estimate of drug-likeness (QED) is 0.874. The van der Waals surface area contributed by atoms with E-state index in [1.807, 2.05) is 26.1 Å². The van der Waals surface area contributed by atoms with Crippen LogP contribution in [0.1, 0.15) is 15.9 Å². The molecule has 1 saturated heterocycles. The highest BCUT2D eigenvalue weighted by Gasteiger charge is 2.20. The minimum absolute atomic E-state index is 0.00213. The molecule has 1 fully saturated rings. The lowest BCUT2D eigenvalue weighted by Crippen LogP contribution is -2.43. The van der Waals surface area contributed by atoms with Gasteiger partial charge in [0.15, 0.2) is 5.75 Å². The van der Waals surface area contributed by atoms with Crippen molar-refractivity contribution in [1.29, 1.82) is 0 Å². The highest BCUT2D eigenvalue weighted by Crippen LogP contribution is 2.15. The van der Waals surface area contributed by atoms with Crippen LogP contribution in [0.3, 0.4) is 0 Å². The van der Waals surface area contributed by atoms with Crippen molar-refractivity contribution in [1.82, 2.24) is 9.47 Å². The zero-order valence-corrected chi connectivity index (χ0v) is 14.8. The van der Waals surface area contributed by atoms with Crippen molar-refractivity contribution < 1.29 is 19.4 Å². The Bertz CT molecular complexity index is 844. The van der Waals surface area contributed by atoms with E-state index in [1.165, 1.54) is 16.8 Å². The Morgan fingerprint density at radius 3 is 2.73 bits per heavy atom. The number of carboxylic acids is 1. The van der Waals surface area contributed by atoms with E-state index in [0.717, 1.165) is 12.1 Å². The van der Waals surface area contributed by atoms with Gasteiger partial charge in [-0.25, -0.2) is 4.79 Å². The van der Waals surface area contributed by atoms with Gasteiger partial charge in [-0.05, 0) is 26.1 Å². The van der Waals surface area contributed by atoms with Gasteiger partial charge in [-0.15, -0.1) is 0 Å². The summed E-state index contributed by atoms with van der Waals surface area (Å²) in [5, 5.41) is 9.36. The smallest absolute Gasteiger partial charge is 0.337 e. The van der Waals surface area contributed by atoms with E-state index in [2.05, 4.69) is 4.90 Å². The largest absolute Gasteiger partial charge is 0.485 e. The predicted octanol–water partition coefficient (Wildman–Crippen LogP) is 1.55. The van der Waals surface area contributed by atoms with E-state index in [1.54, 1.807) is 12.1 Å². The molecule has 1 N–H and O–H groups in total. The lowest BCUT2D eigenvalue weighted by atomic mass is 10.2. The maximum atomic E-state index is 12.8. The number of hydrogen-bond donors (Lipinski definition) is 1. The van der Waals surface area contributed by atoms with Gasteiger partial charge in [0, 0.05) is 31.0 Å². The first-order chi connectivity index (χ1) is 12.4. The minimum atomic E-state index is -1.12. The van der Waals surface area contributed by atoms with Crippen LogP contribution < -0.4 is 10.3 Å². The standard InChI is InChI=1S/C19H22N2O5/c1-13-3-5-15(6-4-13)21-10-14(19(23)24)9-17(18(21)22)26-12-16-11-20(2)7-8-25-16/h3-6,9-10,16H,7-8,11-12H2,1-2H3,(H,23,24). The molecule has 7 heteroatoms. The number of hydrogen-bond acceptors (Lipinski definition) is 5. The van der Waals surface area contributed by atoms with Gasteiger partial charge in [-0.2, -0.15) is 0 Å². The lowest BCUT2D eigenvalue weighted by molar-refractivity contribution is -0.0405.